The lowest BCUT2D eigenvalue weighted by atomic mass is 9.88. The zero-order valence-electron chi connectivity index (χ0n) is 15.5. The first-order valence-corrected chi connectivity index (χ1v) is 11.8. The van der Waals surface area contributed by atoms with Crippen LogP contribution < -0.4 is 4.72 Å². The topological polar surface area (TPSA) is 66.4 Å². The highest BCUT2D eigenvalue weighted by atomic mass is 35.5. The predicted octanol–water partition coefficient (Wildman–Crippen LogP) is 4.68. The van der Waals surface area contributed by atoms with Crippen LogP contribution in [0, 0.1) is 11.8 Å². The Morgan fingerprint density at radius 1 is 1.07 bits per heavy atom. The van der Waals surface area contributed by atoms with E-state index < -0.39 is 16.1 Å². The Balaban J connectivity index is 1.58. The fourth-order valence-electron chi connectivity index (χ4n) is 3.98. The molecule has 1 saturated carbocycles. The van der Waals surface area contributed by atoms with Gasteiger partial charge >= 0.3 is 0 Å². The van der Waals surface area contributed by atoms with E-state index in [9.17, 15) is 13.5 Å². The molecule has 152 valence electrons. The van der Waals surface area contributed by atoms with E-state index in [4.69, 9.17) is 23.2 Å². The third-order valence-electron chi connectivity index (χ3n) is 5.47. The molecule has 28 heavy (non-hydrogen) atoms. The number of benzene rings is 2. The van der Waals surface area contributed by atoms with Crippen molar-refractivity contribution in [1.82, 2.24) is 4.72 Å². The quantitative estimate of drug-likeness (QED) is 0.624. The zero-order chi connectivity index (χ0) is 20.1. The maximum atomic E-state index is 12.6. The van der Waals surface area contributed by atoms with Crippen LogP contribution in [0.1, 0.15) is 31.2 Å². The molecule has 1 aliphatic carbocycles. The number of halogens is 2. The third-order valence-corrected chi connectivity index (χ3v) is 7.31. The molecule has 1 aliphatic rings. The Morgan fingerprint density at radius 3 is 2.43 bits per heavy atom. The molecule has 0 heterocycles. The molecular weight excluding hydrogens is 417 g/mol. The SMILES string of the molecule is O=S(=O)(NC[C@@H]1CCC[C@H]1C(O)CCc1ccccc1)c1cc(Cl)cc(Cl)c1. The maximum absolute atomic E-state index is 12.6. The standard InChI is InChI=1S/C21H25Cl2NO3S/c22-17-11-18(23)13-19(12-17)28(26,27)24-14-16-7-4-8-20(16)21(25)10-9-15-5-2-1-3-6-15/h1-3,5-6,11-13,16,20-21,24-25H,4,7-10,14H2/t16-,20+,21?/m0/s1. The summed E-state index contributed by atoms with van der Waals surface area (Å²) in [6.07, 6.45) is 3.90. The minimum atomic E-state index is -3.70. The summed E-state index contributed by atoms with van der Waals surface area (Å²) in [5.41, 5.74) is 1.20. The summed E-state index contributed by atoms with van der Waals surface area (Å²) >= 11 is 11.8. The van der Waals surface area contributed by atoms with Gasteiger partial charge in [-0.25, -0.2) is 13.1 Å². The largest absolute Gasteiger partial charge is 0.393 e. The van der Waals surface area contributed by atoms with Gasteiger partial charge in [0.25, 0.3) is 0 Å². The summed E-state index contributed by atoms with van der Waals surface area (Å²) in [6.45, 7) is 0.305. The molecule has 2 aromatic rings. The van der Waals surface area contributed by atoms with E-state index in [0.29, 0.717) is 13.0 Å². The van der Waals surface area contributed by atoms with Gasteiger partial charge in [0.1, 0.15) is 0 Å². The van der Waals surface area contributed by atoms with E-state index in [1.54, 1.807) is 0 Å². The van der Waals surface area contributed by atoms with Crippen LogP contribution in [0.5, 0.6) is 0 Å². The summed E-state index contributed by atoms with van der Waals surface area (Å²) < 4.78 is 27.9. The second-order valence-electron chi connectivity index (χ2n) is 7.40. The Hall–Kier alpha value is -1.11. The molecule has 0 amide bonds. The molecule has 0 aromatic heterocycles. The van der Waals surface area contributed by atoms with Crippen LogP contribution in [0.4, 0.5) is 0 Å². The highest BCUT2D eigenvalue weighted by molar-refractivity contribution is 7.89. The molecule has 0 saturated heterocycles. The van der Waals surface area contributed by atoms with Crippen molar-refractivity contribution in [3.05, 3.63) is 64.1 Å². The van der Waals surface area contributed by atoms with Crippen LogP contribution in [0.25, 0.3) is 0 Å². The van der Waals surface area contributed by atoms with Gasteiger partial charge in [-0.2, -0.15) is 0 Å². The first-order valence-electron chi connectivity index (χ1n) is 9.53. The normalized spacial score (nSPS) is 21.0. The zero-order valence-corrected chi connectivity index (χ0v) is 17.8. The number of sulfonamides is 1. The average Bonchev–Trinajstić information content (AvgIpc) is 3.13. The number of hydrogen-bond donors (Lipinski definition) is 2. The third kappa shape index (κ3) is 5.71. The van der Waals surface area contributed by atoms with Gasteiger partial charge in [-0.05, 0) is 61.3 Å². The molecule has 1 unspecified atom stereocenters. The van der Waals surface area contributed by atoms with Gasteiger partial charge in [-0.1, -0.05) is 60.0 Å². The van der Waals surface area contributed by atoms with Crippen molar-refractivity contribution in [1.29, 1.82) is 0 Å². The van der Waals surface area contributed by atoms with Crippen LogP contribution in [0.2, 0.25) is 10.0 Å². The van der Waals surface area contributed by atoms with Crippen molar-refractivity contribution >= 4 is 33.2 Å². The van der Waals surface area contributed by atoms with E-state index in [1.165, 1.54) is 23.8 Å². The molecule has 4 nitrogen and oxygen atoms in total. The number of rotatable bonds is 8. The van der Waals surface area contributed by atoms with Gasteiger partial charge in [0.2, 0.25) is 10.0 Å². The van der Waals surface area contributed by atoms with E-state index in [0.717, 1.165) is 25.7 Å². The molecule has 3 rings (SSSR count). The van der Waals surface area contributed by atoms with Gasteiger partial charge in [-0.3, -0.25) is 0 Å². The van der Waals surface area contributed by atoms with Crippen molar-refractivity contribution in [3.63, 3.8) is 0 Å². The minimum Gasteiger partial charge on any atom is -0.393 e. The fraction of sp³-hybridized carbons (Fsp3) is 0.429. The second-order valence-corrected chi connectivity index (χ2v) is 10.0. The van der Waals surface area contributed by atoms with Gasteiger partial charge < -0.3 is 5.11 Å². The van der Waals surface area contributed by atoms with Gasteiger partial charge in [0, 0.05) is 16.6 Å². The first kappa shape index (κ1) is 21.6. The lowest BCUT2D eigenvalue weighted by Gasteiger charge is -2.25. The lowest BCUT2D eigenvalue weighted by Crippen LogP contribution is -2.34. The molecule has 3 atom stereocenters. The number of aliphatic hydroxyl groups is 1. The van der Waals surface area contributed by atoms with Gasteiger partial charge in [0.05, 0.1) is 11.0 Å². The molecule has 0 bridgehead atoms. The number of aliphatic hydroxyl groups excluding tert-OH is 1. The van der Waals surface area contributed by atoms with Crippen LogP contribution in [-0.4, -0.2) is 26.2 Å². The molecule has 2 aromatic carbocycles. The smallest absolute Gasteiger partial charge is 0.240 e. The van der Waals surface area contributed by atoms with Crippen LogP contribution in [0.3, 0.4) is 0 Å². The molecule has 0 spiro atoms. The summed E-state index contributed by atoms with van der Waals surface area (Å²) in [7, 11) is -3.70. The average molecular weight is 442 g/mol. The molecule has 1 fully saturated rings. The summed E-state index contributed by atoms with van der Waals surface area (Å²) in [5, 5.41) is 11.2. The highest BCUT2D eigenvalue weighted by Crippen LogP contribution is 2.35. The summed E-state index contributed by atoms with van der Waals surface area (Å²) in [4.78, 5) is 0.0594. The summed E-state index contributed by atoms with van der Waals surface area (Å²) in [6, 6.07) is 14.4. The molecule has 0 radical (unpaired) electrons. The van der Waals surface area contributed by atoms with Crippen LogP contribution in [-0.2, 0) is 16.4 Å². The maximum Gasteiger partial charge on any atom is 0.240 e. The minimum absolute atomic E-state index is 0.0594. The predicted molar refractivity (Wildman–Crippen MR) is 113 cm³/mol. The van der Waals surface area contributed by atoms with Crippen molar-refractivity contribution < 1.29 is 13.5 Å². The van der Waals surface area contributed by atoms with E-state index in [2.05, 4.69) is 16.9 Å². The first-order chi connectivity index (χ1) is 13.3. The van der Waals surface area contributed by atoms with E-state index in [1.807, 2.05) is 18.2 Å². The van der Waals surface area contributed by atoms with Crippen LogP contribution >= 0.6 is 23.2 Å². The van der Waals surface area contributed by atoms with Crippen LogP contribution in [0.15, 0.2) is 53.4 Å². The van der Waals surface area contributed by atoms with Crippen molar-refractivity contribution in [3.8, 4) is 0 Å². The monoisotopic (exact) mass is 441 g/mol. The van der Waals surface area contributed by atoms with E-state index in [-0.39, 0.29) is 26.8 Å². The molecule has 2 N–H and O–H groups in total. The van der Waals surface area contributed by atoms with Crippen molar-refractivity contribution in [2.45, 2.75) is 43.1 Å². The molecule has 7 heteroatoms. The van der Waals surface area contributed by atoms with E-state index >= 15 is 0 Å². The molecular formula is C21H25Cl2NO3S. The number of aryl methyl sites for hydroxylation is 1. The number of nitrogens with one attached hydrogen (secondary N) is 1. The Kier molecular flexibility index (Phi) is 7.40. The van der Waals surface area contributed by atoms with Gasteiger partial charge in [-0.15, -0.1) is 0 Å². The fourth-order valence-corrected chi connectivity index (χ4v) is 5.80. The Bertz CT molecular complexity index is 870. The Morgan fingerprint density at radius 2 is 1.75 bits per heavy atom. The highest BCUT2D eigenvalue weighted by Gasteiger charge is 2.33. The summed E-state index contributed by atoms with van der Waals surface area (Å²) in [5.74, 6) is 0.226. The number of hydrogen-bond acceptors (Lipinski definition) is 3. The molecule has 0 aliphatic heterocycles. The van der Waals surface area contributed by atoms with Crippen molar-refractivity contribution in [2.24, 2.45) is 11.8 Å². The lowest BCUT2D eigenvalue weighted by molar-refractivity contribution is 0.0790. The van der Waals surface area contributed by atoms with Gasteiger partial charge in [0.15, 0.2) is 0 Å². The second kappa shape index (κ2) is 9.59. The Labute approximate surface area is 176 Å². The van der Waals surface area contributed by atoms with Crippen molar-refractivity contribution in [2.75, 3.05) is 6.54 Å².